The Bertz CT molecular complexity index is 1060. The Morgan fingerprint density at radius 2 is 2.13 bits per heavy atom. The fraction of sp³-hybridized carbons (Fsp3) is 0.421. The molecule has 1 saturated heterocycles. The molecule has 166 valence electrons. The molecule has 12 heteroatoms. The molecule has 1 amide bonds. The number of ether oxygens (including phenoxy) is 3. The predicted molar refractivity (Wildman–Crippen MR) is 100 cm³/mol. The van der Waals surface area contributed by atoms with Crippen molar-refractivity contribution >= 4 is 11.7 Å². The van der Waals surface area contributed by atoms with Crippen LogP contribution in [0.5, 0.6) is 11.5 Å². The molecule has 10 nitrogen and oxygen atoms in total. The third kappa shape index (κ3) is 3.84. The summed E-state index contributed by atoms with van der Waals surface area (Å²) in [6, 6.07) is 5.68. The average Bonchev–Trinajstić information content (AvgIpc) is 2.96. The van der Waals surface area contributed by atoms with Crippen LogP contribution in [0, 0.1) is 0 Å². The number of amides is 1. The highest BCUT2D eigenvalue weighted by Crippen LogP contribution is 2.42. The first-order chi connectivity index (χ1) is 14.7. The molecular weight excluding hydrogens is 420 g/mol. The second kappa shape index (κ2) is 7.87. The van der Waals surface area contributed by atoms with Crippen LogP contribution in [-0.2, 0) is 4.74 Å². The van der Waals surface area contributed by atoms with Gasteiger partial charge in [0.1, 0.15) is 24.6 Å². The van der Waals surface area contributed by atoms with E-state index < -0.39 is 42.6 Å². The highest BCUT2D eigenvalue weighted by atomic mass is 19.3. The Hall–Kier alpha value is -3.09. The van der Waals surface area contributed by atoms with Crippen LogP contribution in [0.25, 0.3) is 0 Å². The number of hydrogen-bond acceptors (Lipinski definition) is 8. The lowest BCUT2D eigenvalue weighted by Crippen LogP contribution is -2.41. The maximum Gasteiger partial charge on any atom is 0.351 e. The van der Waals surface area contributed by atoms with Crippen LogP contribution >= 0.6 is 0 Å². The van der Waals surface area contributed by atoms with Crippen LogP contribution in [0.2, 0.25) is 0 Å². The summed E-state index contributed by atoms with van der Waals surface area (Å²) in [5, 5.41) is 21.1. The highest BCUT2D eigenvalue weighted by molar-refractivity contribution is 6.04. The lowest BCUT2D eigenvalue weighted by Gasteiger charge is -2.24. The Morgan fingerprint density at radius 1 is 1.35 bits per heavy atom. The summed E-state index contributed by atoms with van der Waals surface area (Å²) in [6.45, 7) is 1.35. The minimum atomic E-state index is -3.83. The first-order valence-corrected chi connectivity index (χ1v) is 9.37. The van der Waals surface area contributed by atoms with E-state index in [-0.39, 0.29) is 17.5 Å². The summed E-state index contributed by atoms with van der Waals surface area (Å²) in [5.41, 5.74) is -0.925. The van der Waals surface area contributed by atoms with E-state index in [1.165, 1.54) is 12.1 Å². The number of rotatable bonds is 4. The van der Waals surface area contributed by atoms with E-state index in [1.54, 1.807) is 6.07 Å². The van der Waals surface area contributed by atoms with Gasteiger partial charge in [0.05, 0.1) is 6.61 Å². The standard InChI is InChI=1S/C19H19F2N3O7/c1-9-8-29-11-3-2-10(6-12(11)30-9)16(27)22-14-4-5-24(18(28)23-14)17-19(20,21)15(26)13(7-25)31-17/h2-6,9,13,15,17,25-26H,7-8H2,1H3,(H,22,23,27,28)/t9?,13-,15-,17?/m1/s1. The third-order valence-corrected chi connectivity index (χ3v) is 4.89. The van der Waals surface area contributed by atoms with Gasteiger partial charge < -0.3 is 29.7 Å². The molecule has 0 aliphatic carbocycles. The molecule has 1 aromatic carbocycles. The van der Waals surface area contributed by atoms with E-state index in [9.17, 15) is 23.5 Å². The topological polar surface area (TPSA) is 132 Å². The van der Waals surface area contributed by atoms with E-state index in [0.29, 0.717) is 22.7 Å². The number of aliphatic hydroxyl groups excluding tert-OH is 2. The van der Waals surface area contributed by atoms with Gasteiger partial charge in [-0.25, -0.2) is 4.79 Å². The Kier molecular flexibility index (Phi) is 5.37. The number of aliphatic hydroxyl groups is 2. The third-order valence-electron chi connectivity index (χ3n) is 4.89. The number of hydrogen-bond donors (Lipinski definition) is 3. The molecule has 2 aromatic rings. The number of aromatic nitrogens is 2. The molecule has 3 N–H and O–H groups in total. The Balaban J connectivity index is 1.52. The lowest BCUT2D eigenvalue weighted by molar-refractivity contribution is -0.140. The van der Waals surface area contributed by atoms with E-state index in [4.69, 9.17) is 19.3 Å². The van der Waals surface area contributed by atoms with E-state index in [1.807, 2.05) is 6.92 Å². The highest BCUT2D eigenvalue weighted by Gasteiger charge is 2.59. The zero-order valence-electron chi connectivity index (χ0n) is 16.2. The van der Waals surface area contributed by atoms with Gasteiger partial charge in [-0.05, 0) is 31.2 Å². The monoisotopic (exact) mass is 439 g/mol. The molecule has 1 aromatic heterocycles. The zero-order chi connectivity index (χ0) is 22.3. The molecule has 2 unspecified atom stereocenters. The minimum Gasteiger partial charge on any atom is -0.486 e. The Morgan fingerprint density at radius 3 is 2.81 bits per heavy atom. The smallest absolute Gasteiger partial charge is 0.351 e. The number of halogens is 2. The number of alkyl halides is 2. The van der Waals surface area contributed by atoms with Gasteiger partial charge in [0.2, 0.25) is 6.23 Å². The van der Waals surface area contributed by atoms with Crippen LogP contribution in [0.3, 0.4) is 0 Å². The van der Waals surface area contributed by atoms with E-state index in [0.717, 1.165) is 12.3 Å². The maximum absolute atomic E-state index is 14.2. The fourth-order valence-corrected chi connectivity index (χ4v) is 3.29. The molecule has 4 atom stereocenters. The molecule has 2 aliphatic heterocycles. The number of carbonyl (C=O) groups is 1. The predicted octanol–water partition coefficient (Wildman–Crippen LogP) is 0.541. The van der Waals surface area contributed by atoms with Crippen LogP contribution in [0.4, 0.5) is 14.6 Å². The second-order valence-corrected chi connectivity index (χ2v) is 7.19. The van der Waals surface area contributed by atoms with Crippen molar-refractivity contribution in [2.24, 2.45) is 0 Å². The van der Waals surface area contributed by atoms with Crippen molar-refractivity contribution in [2.75, 3.05) is 18.5 Å². The number of anilines is 1. The number of fused-ring (bicyclic) bond motifs is 1. The van der Waals surface area contributed by atoms with Crippen LogP contribution in [-0.4, -0.2) is 63.1 Å². The summed E-state index contributed by atoms with van der Waals surface area (Å²) >= 11 is 0. The van der Waals surface area contributed by atoms with E-state index in [2.05, 4.69) is 10.3 Å². The summed E-state index contributed by atoms with van der Waals surface area (Å²) in [7, 11) is 0. The summed E-state index contributed by atoms with van der Waals surface area (Å²) in [4.78, 5) is 28.4. The zero-order valence-corrected chi connectivity index (χ0v) is 16.2. The summed E-state index contributed by atoms with van der Waals surface area (Å²) in [5.74, 6) is -3.71. The number of nitrogens with zero attached hydrogens (tertiary/aromatic N) is 2. The molecule has 31 heavy (non-hydrogen) atoms. The molecule has 3 heterocycles. The number of benzene rings is 1. The van der Waals surface area contributed by atoms with Gasteiger partial charge in [0, 0.05) is 11.8 Å². The van der Waals surface area contributed by atoms with E-state index >= 15 is 0 Å². The van der Waals surface area contributed by atoms with Crippen LogP contribution < -0.4 is 20.5 Å². The average molecular weight is 439 g/mol. The van der Waals surface area contributed by atoms with Crippen molar-refractivity contribution < 1.29 is 38.0 Å². The number of nitrogens with one attached hydrogen (secondary N) is 1. The molecule has 2 aliphatic rings. The maximum atomic E-state index is 14.2. The molecule has 1 fully saturated rings. The largest absolute Gasteiger partial charge is 0.486 e. The first-order valence-electron chi connectivity index (χ1n) is 9.37. The molecule has 0 saturated carbocycles. The van der Waals surface area contributed by atoms with Crippen molar-refractivity contribution in [3.05, 3.63) is 46.5 Å². The van der Waals surface area contributed by atoms with Gasteiger partial charge in [0.15, 0.2) is 17.6 Å². The van der Waals surface area contributed by atoms with Crippen LogP contribution in [0.1, 0.15) is 23.5 Å². The normalized spacial score (nSPS) is 26.5. The van der Waals surface area contributed by atoms with Gasteiger partial charge in [-0.1, -0.05) is 0 Å². The van der Waals surface area contributed by atoms with Gasteiger partial charge in [0.25, 0.3) is 5.91 Å². The van der Waals surface area contributed by atoms with Crippen molar-refractivity contribution in [2.45, 2.75) is 37.4 Å². The van der Waals surface area contributed by atoms with Crippen molar-refractivity contribution in [3.63, 3.8) is 0 Å². The van der Waals surface area contributed by atoms with Gasteiger partial charge >= 0.3 is 11.6 Å². The second-order valence-electron chi connectivity index (χ2n) is 7.19. The van der Waals surface area contributed by atoms with Crippen molar-refractivity contribution in [1.29, 1.82) is 0 Å². The summed E-state index contributed by atoms with van der Waals surface area (Å²) < 4.78 is 45.0. The minimum absolute atomic E-state index is 0.171. The van der Waals surface area contributed by atoms with Gasteiger partial charge in [-0.15, -0.1) is 0 Å². The van der Waals surface area contributed by atoms with Crippen LogP contribution in [0.15, 0.2) is 35.3 Å². The Labute approximate surface area is 174 Å². The molecule has 0 bridgehead atoms. The number of carbonyl (C=O) groups excluding carboxylic acids is 1. The van der Waals surface area contributed by atoms with Crippen molar-refractivity contribution in [1.82, 2.24) is 9.55 Å². The lowest BCUT2D eigenvalue weighted by atomic mass is 10.1. The molecule has 4 rings (SSSR count). The SMILES string of the molecule is CC1COc2ccc(C(=O)Nc3ccn(C4O[C@H](CO)[C@@H](O)C4(F)F)c(=O)n3)cc2O1. The molecule has 0 radical (unpaired) electrons. The quantitative estimate of drug-likeness (QED) is 0.629. The molecule has 0 spiro atoms. The van der Waals surface area contributed by atoms with Gasteiger partial charge in [-0.2, -0.15) is 13.8 Å². The summed E-state index contributed by atoms with van der Waals surface area (Å²) in [6.07, 6.45) is -5.21. The first kappa shape index (κ1) is 21.2. The molecular formula is C19H19F2N3O7. The fourth-order valence-electron chi connectivity index (χ4n) is 3.29. The van der Waals surface area contributed by atoms with Gasteiger partial charge in [-0.3, -0.25) is 9.36 Å². The van der Waals surface area contributed by atoms with Crippen molar-refractivity contribution in [3.8, 4) is 11.5 Å².